The van der Waals surface area contributed by atoms with Crippen molar-refractivity contribution in [2.75, 3.05) is 13.7 Å². The third kappa shape index (κ3) is 3.58. The number of amides is 1. The van der Waals surface area contributed by atoms with Crippen molar-refractivity contribution in [3.63, 3.8) is 0 Å². The number of pyridine rings is 1. The molecule has 0 aliphatic heterocycles. The molecule has 1 aromatic rings. The molecule has 1 heterocycles. The first kappa shape index (κ1) is 15.3. The molecule has 3 aliphatic rings. The lowest BCUT2D eigenvalue weighted by Crippen LogP contribution is -2.54. The molecule has 5 nitrogen and oxygen atoms in total. The molecule has 0 atom stereocenters. The molecule has 1 aromatic heterocycles. The maximum absolute atomic E-state index is 12.1. The van der Waals surface area contributed by atoms with E-state index in [1.54, 1.807) is 19.4 Å². The summed E-state index contributed by atoms with van der Waals surface area (Å²) in [7, 11) is 1.58. The second-order valence-electron chi connectivity index (χ2n) is 6.51. The lowest BCUT2D eigenvalue weighted by atomic mass is 9.66. The van der Waals surface area contributed by atoms with Gasteiger partial charge in [-0.25, -0.2) is 4.98 Å². The van der Waals surface area contributed by atoms with Crippen molar-refractivity contribution in [1.82, 2.24) is 10.3 Å². The number of aromatic nitrogens is 1. The van der Waals surface area contributed by atoms with Crippen molar-refractivity contribution in [3.05, 3.63) is 23.9 Å². The number of ether oxygens (including phenoxy) is 2. The maximum Gasteiger partial charge on any atom is 0.246 e. The van der Waals surface area contributed by atoms with Crippen LogP contribution in [0.3, 0.4) is 0 Å². The van der Waals surface area contributed by atoms with Gasteiger partial charge in [-0.1, -0.05) is 0 Å². The Hall–Kier alpha value is -1.62. The van der Waals surface area contributed by atoms with Crippen LogP contribution in [0.2, 0.25) is 0 Å². The lowest BCUT2D eigenvalue weighted by Gasteiger charge is -2.47. The second kappa shape index (κ2) is 6.65. The van der Waals surface area contributed by atoms with Gasteiger partial charge in [-0.2, -0.15) is 0 Å². The Kier molecular flexibility index (Phi) is 4.62. The van der Waals surface area contributed by atoms with Crippen molar-refractivity contribution >= 4 is 5.91 Å². The Balaban J connectivity index is 1.42. The smallest absolute Gasteiger partial charge is 0.246 e. The van der Waals surface area contributed by atoms with E-state index in [0.29, 0.717) is 12.5 Å². The zero-order chi connectivity index (χ0) is 15.4. The summed E-state index contributed by atoms with van der Waals surface area (Å²) < 4.78 is 10.5. The van der Waals surface area contributed by atoms with E-state index < -0.39 is 0 Å². The monoisotopic (exact) mass is 304 g/mol. The number of methoxy groups -OCH3 is 1. The van der Waals surface area contributed by atoms with Crippen LogP contribution >= 0.6 is 0 Å². The molecule has 0 aromatic carbocycles. The summed E-state index contributed by atoms with van der Waals surface area (Å²) in [6.07, 6.45) is 8.89. The SMILES string of the molecule is COc1ccc(COCC(=O)NC23CCC(CC2)CC3)cn1. The highest BCUT2D eigenvalue weighted by Gasteiger charge is 2.41. The molecule has 22 heavy (non-hydrogen) atoms. The van der Waals surface area contributed by atoms with Crippen LogP contribution in [0.1, 0.15) is 44.1 Å². The molecular weight excluding hydrogens is 280 g/mol. The maximum atomic E-state index is 12.1. The summed E-state index contributed by atoms with van der Waals surface area (Å²) in [5.74, 6) is 1.48. The predicted octanol–water partition coefficient (Wildman–Crippen LogP) is 2.45. The molecule has 0 spiro atoms. The fourth-order valence-corrected chi connectivity index (χ4v) is 3.65. The van der Waals surface area contributed by atoms with Crippen LogP contribution in [0.5, 0.6) is 5.88 Å². The normalized spacial score (nSPS) is 26.7. The van der Waals surface area contributed by atoms with Crippen molar-refractivity contribution < 1.29 is 14.3 Å². The third-order valence-electron chi connectivity index (χ3n) is 5.01. The van der Waals surface area contributed by atoms with Gasteiger partial charge in [0.15, 0.2) is 0 Å². The number of fused-ring (bicyclic) bond motifs is 3. The Morgan fingerprint density at radius 3 is 2.64 bits per heavy atom. The molecule has 1 amide bonds. The van der Waals surface area contributed by atoms with E-state index in [0.717, 1.165) is 30.7 Å². The number of hydrogen-bond acceptors (Lipinski definition) is 4. The van der Waals surface area contributed by atoms with Gasteiger partial charge in [-0.15, -0.1) is 0 Å². The summed E-state index contributed by atoms with van der Waals surface area (Å²) >= 11 is 0. The average molecular weight is 304 g/mol. The topological polar surface area (TPSA) is 60.5 Å². The molecule has 0 unspecified atom stereocenters. The van der Waals surface area contributed by atoms with Crippen LogP contribution in [-0.2, 0) is 16.1 Å². The van der Waals surface area contributed by atoms with Gasteiger partial charge >= 0.3 is 0 Å². The minimum Gasteiger partial charge on any atom is -0.481 e. The fraction of sp³-hybridized carbons (Fsp3) is 0.647. The van der Waals surface area contributed by atoms with E-state index >= 15 is 0 Å². The van der Waals surface area contributed by atoms with Crippen molar-refractivity contribution in [2.24, 2.45) is 5.92 Å². The van der Waals surface area contributed by atoms with Crippen molar-refractivity contribution in [3.8, 4) is 5.88 Å². The zero-order valence-corrected chi connectivity index (χ0v) is 13.1. The number of hydrogen-bond donors (Lipinski definition) is 1. The summed E-state index contributed by atoms with van der Waals surface area (Å²) in [5.41, 5.74) is 0.988. The molecule has 1 N–H and O–H groups in total. The summed E-state index contributed by atoms with van der Waals surface area (Å²) in [6.45, 7) is 0.497. The Morgan fingerprint density at radius 1 is 1.32 bits per heavy atom. The molecule has 120 valence electrons. The van der Waals surface area contributed by atoms with Crippen LogP contribution < -0.4 is 10.1 Å². The van der Waals surface area contributed by atoms with Gasteiger partial charge < -0.3 is 14.8 Å². The summed E-state index contributed by atoms with van der Waals surface area (Å²) in [5, 5.41) is 3.22. The van der Waals surface area contributed by atoms with Crippen LogP contribution in [0, 0.1) is 5.92 Å². The first-order valence-corrected chi connectivity index (χ1v) is 8.07. The number of nitrogens with zero attached hydrogens (tertiary/aromatic N) is 1. The minimum absolute atomic E-state index is 0.00169. The van der Waals surface area contributed by atoms with Crippen LogP contribution in [0.15, 0.2) is 18.3 Å². The Morgan fingerprint density at radius 2 is 2.05 bits per heavy atom. The highest BCUT2D eigenvalue weighted by Crippen LogP contribution is 2.43. The van der Waals surface area contributed by atoms with Crippen LogP contribution in [0.4, 0.5) is 0 Å². The van der Waals surface area contributed by atoms with E-state index in [1.165, 1.54) is 19.3 Å². The van der Waals surface area contributed by atoms with Gasteiger partial charge in [0.1, 0.15) is 6.61 Å². The summed E-state index contributed by atoms with van der Waals surface area (Å²) in [6, 6.07) is 3.68. The average Bonchev–Trinajstić information content (AvgIpc) is 2.57. The molecule has 3 aliphatic carbocycles. The number of carbonyl (C=O) groups excluding carboxylic acids is 1. The third-order valence-corrected chi connectivity index (χ3v) is 5.01. The summed E-state index contributed by atoms with van der Waals surface area (Å²) in [4.78, 5) is 16.2. The van der Waals surface area contributed by atoms with Crippen molar-refractivity contribution in [2.45, 2.75) is 50.7 Å². The molecule has 5 heteroatoms. The van der Waals surface area contributed by atoms with Gasteiger partial charge in [0, 0.05) is 17.8 Å². The molecule has 3 saturated carbocycles. The molecule has 3 fully saturated rings. The minimum atomic E-state index is 0.00169. The second-order valence-corrected chi connectivity index (χ2v) is 6.51. The van der Waals surface area contributed by atoms with E-state index in [1.807, 2.05) is 6.07 Å². The first-order chi connectivity index (χ1) is 10.7. The largest absolute Gasteiger partial charge is 0.481 e. The number of nitrogens with one attached hydrogen (secondary N) is 1. The lowest BCUT2D eigenvalue weighted by molar-refractivity contribution is -0.129. The van der Waals surface area contributed by atoms with E-state index in [2.05, 4.69) is 10.3 Å². The number of carbonyl (C=O) groups is 1. The Bertz CT molecular complexity index is 493. The number of rotatable bonds is 6. The van der Waals surface area contributed by atoms with Crippen LogP contribution in [-0.4, -0.2) is 30.1 Å². The predicted molar refractivity (Wildman–Crippen MR) is 82.5 cm³/mol. The first-order valence-electron chi connectivity index (χ1n) is 8.07. The molecule has 0 radical (unpaired) electrons. The van der Waals surface area contributed by atoms with Crippen molar-refractivity contribution in [1.29, 1.82) is 0 Å². The van der Waals surface area contributed by atoms with Crippen LogP contribution in [0.25, 0.3) is 0 Å². The molecule has 0 saturated heterocycles. The quantitative estimate of drug-likeness (QED) is 0.877. The molecular formula is C17H24N2O3. The highest BCUT2D eigenvalue weighted by molar-refractivity contribution is 5.78. The standard InChI is InChI=1S/C17H24N2O3/c1-21-16-3-2-14(10-18-16)11-22-12-15(20)19-17-7-4-13(5-8-17)6-9-17/h2-3,10,13H,4-9,11-12H2,1H3,(H,19,20). The highest BCUT2D eigenvalue weighted by atomic mass is 16.5. The van der Waals surface area contributed by atoms with Gasteiger partial charge in [-0.05, 0) is 56.1 Å². The van der Waals surface area contributed by atoms with Gasteiger partial charge in [0.25, 0.3) is 0 Å². The molecule has 4 rings (SSSR count). The molecule has 2 bridgehead atoms. The fourth-order valence-electron chi connectivity index (χ4n) is 3.65. The van der Waals surface area contributed by atoms with E-state index in [9.17, 15) is 4.79 Å². The zero-order valence-electron chi connectivity index (χ0n) is 13.1. The van der Waals surface area contributed by atoms with E-state index in [4.69, 9.17) is 9.47 Å². The Labute approximate surface area is 131 Å². The van der Waals surface area contributed by atoms with Gasteiger partial charge in [0.2, 0.25) is 11.8 Å². The van der Waals surface area contributed by atoms with E-state index in [-0.39, 0.29) is 18.1 Å². The van der Waals surface area contributed by atoms with Gasteiger partial charge in [0.05, 0.1) is 13.7 Å². The van der Waals surface area contributed by atoms with Gasteiger partial charge in [-0.3, -0.25) is 4.79 Å².